The molecule has 2 aromatic rings. The molecule has 3 atom stereocenters. The molecule has 2 aromatic carbocycles. The number of hydrogen-bond acceptors (Lipinski definition) is 5. The number of amides is 2. The van der Waals surface area contributed by atoms with Gasteiger partial charge in [0.1, 0.15) is 6.61 Å². The summed E-state index contributed by atoms with van der Waals surface area (Å²) in [6, 6.07) is 15.1. The molecule has 0 radical (unpaired) electrons. The zero-order valence-corrected chi connectivity index (χ0v) is 19.4. The number of carboxylic acids is 1. The monoisotopic (exact) mass is 466 g/mol. The SMILES string of the molecule is CC[C@H](CC(=O)O)NC(=O)C1(C)COCC1NC(=O)OCC1c2ccccc2-c2ccccc21. The lowest BCUT2D eigenvalue weighted by Gasteiger charge is -2.30. The number of rotatable bonds is 8. The van der Waals surface area contributed by atoms with E-state index in [1.54, 1.807) is 6.92 Å². The highest BCUT2D eigenvalue weighted by Crippen LogP contribution is 2.44. The van der Waals surface area contributed by atoms with E-state index < -0.39 is 29.6 Å². The molecule has 8 heteroatoms. The molecule has 4 rings (SSSR count). The van der Waals surface area contributed by atoms with Crippen molar-refractivity contribution in [3.8, 4) is 11.1 Å². The Morgan fingerprint density at radius 3 is 2.32 bits per heavy atom. The van der Waals surface area contributed by atoms with Gasteiger partial charge < -0.3 is 25.2 Å². The maximum atomic E-state index is 13.0. The van der Waals surface area contributed by atoms with Crippen LogP contribution in [0, 0.1) is 5.41 Å². The third kappa shape index (κ3) is 4.63. The van der Waals surface area contributed by atoms with Crippen LogP contribution in [0.1, 0.15) is 43.7 Å². The number of carboxylic acid groups (broad SMARTS) is 1. The molecular weight excluding hydrogens is 436 g/mol. The molecule has 2 unspecified atom stereocenters. The zero-order chi connectivity index (χ0) is 24.3. The Kier molecular flexibility index (Phi) is 6.88. The minimum atomic E-state index is -1.03. The van der Waals surface area contributed by atoms with E-state index in [1.165, 1.54) is 0 Å². The van der Waals surface area contributed by atoms with Crippen molar-refractivity contribution in [3.63, 3.8) is 0 Å². The van der Waals surface area contributed by atoms with E-state index in [9.17, 15) is 14.4 Å². The molecule has 1 fully saturated rings. The summed E-state index contributed by atoms with van der Waals surface area (Å²) < 4.78 is 11.1. The molecule has 1 saturated heterocycles. The maximum Gasteiger partial charge on any atom is 0.407 e. The van der Waals surface area contributed by atoms with Crippen LogP contribution in [0.25, 0.3) is 11.1 Å². The number of nitrogens with one attached hydrogen (secondary N) is 2. The van der Waals surface area contributed by atoms with Crippen molar-refractivity contribution in [3.05, 3.63) is 59.7 Å². The van der Waals surface area contributed by atoms with Gasteiger partial charge in [-0.1, -0.05) is 55.5 Å². The van der Waals surface area contributed by atoms with E-state index in [0.29, 0.717) is 6.42 Å². The van der Waals surface area contributed by atoms with Crippen molar-refractivity contribution in [1.29, 1.82) is 0 Å². The molecule has 0 aromatic heterocycles. The van der Waals surface area contributed by atoms with Crippen LogP contribution in [0.15, 0.2) is 48.5 Å². The number of aliphatic carboxylic acids is 1. The first-order valence-electron chi connectivity index (χ1n) is 11.6. The van der Waals surface area contributed by atoms with Crippen molar-refractivity contribution in [1.82, 2.24) is 10.6 Å². The highest BCUT2D eigenvalue weighted by atomic mass is 16.5. The number of fused-ring (bicyclic) bond motifs is 3. The molecule has 180 valence electrons. The molecule has 0 bridgehead atoms. The van der Waals surface area contributed by atoms with Gasteiger partial charge in [-0.25, -0.2) is 4.79 Å². The smallest absolute Gasteiger partial charge is 0.407 e. The number of benzene rings is 2. The number of alkyl carbamates (subject to hydrolysis) is 1. The van der Waals surface area contributed by atoms with Gasteiger partial charge >= 0.3 is 12.1 Å². The molecular formula is C26H30N2O6. The van der Waals surface area contributed by atoms with Gasteiger partial charge in [0.2, 0.25) is 5.91 Å². The van der Waals surface area contributed by atoms with E-state index in [0.717, 1.165) is 22.3 Å². The average Bonchev–Trinajstić information content (AvgIpc) is 3.35. The normalized spacial score (nSPS) is 21.9. The third-order valence-corrected chi connectivity index (χ3v) is 6.86. The molecule has 1 aliphatic carbocycles. The molecule has 1 aliphatic heterocycles. The maximum absolute atomic E-state index is 13.0. The number of ether oxygens (including phenoxy) is 2. The van der Waals surface area contributed by atoms with Crippen molar-refractivity contribution < 1.29 is 29.0 Å². The lowest BCUT2D eigenvalue weighted by molar-refractivity contribution is -0.138. The molecule has 2 aliphatic rings. The van der Waals surface area contributed by atoms with Crippen LogP contribution in [0.3, 0.4) is 0 Å². The van der Waals surface area contributed by atoms with Gasteiger partial charge in [-0.05, 0) is 35.6 Å². The Morgan fingerprint density at radius 2 is 1.74 bits per heavy atom. The minimum absolute atomic E-state index is 0.0611. The Morgan fingerprint density at radius 1 is 1.12 bits per heavy atom. The Balaban J connectivity index is 1.39. The molecule has 0 saturated carbocycles. The number of carbonyl (C=O) groups is 3. The Labute approximate surface area is 198 Å². The molecule has 8 nitrogen and oxygen atoms in total. The number of hydrogen-bond donors (Lipinski definition) is 3. The van der Waals surface area contributed by atoms with E-state index >= 15 is 0 Å². The first kappa shape index (κ1) is 23.8. The predicted molar refractivity (Wildman–Crippen MR) is 125 cm³/mol. The molecule has 34 heavy (non-hydrogen) atoms. The number of carbonyl (C=O) groups excluding carboxylic acids is 2. The van der Waals surface area contributed by atoms with Crippen LogP contribution in [0.4, 0.5) is 4.79 Å². The van der Waals surface area contributed by atoms with Gasteiger partial charge in [0.05, 0.1) is 31.1 Å². The molecule has 0 spiro atoms. The largest absolute Gasteiger partial charge is 0.481 e. The van der Waals surface area contributed by atoms with Crippen LogP contribution in [-0.4, -0.2) is 55.0 Å². The summed E-state index contributed by atoms with van der Waals surface area (Å²) >= 11 is 0. The second-order valence-corrected chi connectivity index (χ2v) is 9.13. The fourth-order valence-corrected chi connectivity index (χ4v) is 4.74. The van der Waals surface area contributed by atoms with E-state index in [1.807, 2.05) is 31.2 Å². The van der Waals surface area contributed by atoms with Crippen LogP contribution in [0.2, 0.25) is 0 Å². The van der Waals surface area contributed by atoms with Gasteiger partial charge in [-0.15, -0.1) is 0 Å². The Hall–Kier alpha value is -3.39. The first-order valence-corrected chi connectivity index (χ1v) is 11.6. The van der Waals surface area contributed by atoms with E-state index in [2.05, 4.69) is 34.9 Å². The van der Waals surface area contributed by atoms with E-state index in [4.69, 9.17) is 14.6 Å². The lowest BCUT2D eigenvalue weighted by Crippen LogP contribution is -2.55. The summed E-state index contributed by atoms with van der Waals surface area (Å²) in [6.45, 7) is 3.98. The van der Waals surface area contributed by atoms with Crippen molar-refractivity contribution in [2.75, 3.05) is 19.8 Å². The summed E-state index contributed by atoms with van der Waals surface area (Å²) in [5.41, 5.74) is 3.50. The summed E-state index contributed by atoms with van der Waals surface area (Å²) in [7, 11) is 0. The summed E-state index contributed by atoms with van der Waals surface area (Å²) in [5, 5.41) is 14.6. The average molecular weight is 467 g/mol. The molecule has 2 amide bonds. The van der Waals surface area contributed by atoms with Crippen LogP contribution < -0.4 is 10.6 Å². The first-order chi connectivity index (χ1) is 16.3. The molecule has 1 heterocycles. The molecule has 3 N–H and O–H groups in total. The quantitative estimate of drug-likeness (QED) is 0.550. The second kappa shape index (κ2) is 9.85. The summed E-state index contributed by atoms with van der Waals surface area (Å²) in [5.74, 6) is -1.38. The fourth-order valence-electron chi connectivity index (χ4n) is 4.74. The highest BCUT2D eigenvalue weighted by molar-refractivity contribution is 5.85. The predicted octanol–water partition coefficient (Wildman–Crippen LogP) is 3.30. The van der Waals surface area contributed by atoms with Crippen LogP contribution in [-0.2, 0) is 19.1 Å². The van der Waals surface area contributed by atoms with Crippen LogP contribution >= 0.6 is 0 Å². The second-order valence-electron chi connectivity index (χ2n) is 9.13. The zero-order valence-electron chi connectivity index (χ0n) is 19.4. The standard InChI is InChI=1S/C26H30N2O6/c1-3-16(12-23(29)30)27-24(31)26(2)15-33-14-22(26)28-25(32)34-13-21-19-10-6-4-8-17(19)18-9-5-7-11-20(18)21/h4-11,16,21-22H,3,12-15H2,1-2H3,(H,27,31)(H,28,32)(H,29,30)/t16-,22?,26?/m1/s1. The summed E-state index contributed by atoms with van der Waals surface area (Å²) in [4.78, 5) is 36.7. The van der Waals surface area contributed by atoms with Crippen molar-refractivity contribution >= 4 is 18.0 Å². The highest BCUT2D eigenvalue weighted by Gasteiger charge is 2.48. The summed E-state index contributed by atoms with van der Waals surface area (Å²) in [6.07, 6.45) is -0.294. The van der Waals surface area contributed by atoms with Gasteiger partial charge in [-0.2, -0.15) is 0 Å². The van der Waals surface area contributed by atoms with Crippen LogP contribution in [0.5, 0.6) is 0 Å². The van der Waals surface area contributed by atoms with Gasteiger partial charge in [0.15, 0.2) is 0 Å². The van der Waals surface area contributed by atoms with Gasteiger partial charge in [-0.3, -0.25) is 9.59 Å². The Bertz CT molecular complexity index is 1040. The van der Waals surface area contributed by atoms with E-state index in [-0.39, 0.29) is 38.1 Å². The third-order valence-electron chi connectivity index (χ3n) is 6.86. The fraction of sp³-hybridized carbons (Fsp3) is 0.423. The van der Waals surface area contributed by atoms with Gasteiger partial charge in [0, 0.05) is 12.0 Å². The lowest BCUT2D eigenvalue weighted by atomic mass is 9.84. The van der Waals surface area contributed by atoms with Crippen molar-refractivity contribution in [2.24, 2.45) is 5.41 Å². The topological polar surface area (TPSA) is 114 Å². The van der Waals surface area contributed by atoms with Gasteiger partial charge in [0.25, 0.3) is 0 Å². The minimum Gasteiger partial charge on any atom is -0.481 e. The van der Waals surface area contributed by atoms with Crippen molar-refractivity contribution in [2.45, 2.75) is 44.7 Å².